The van der Waals surface area contributed by atoms with Crippen molar-refractivity contribution >= 4 is 28.3 Å². The fraction of sp³-hybridized carbons (Fsp3) is 0.553. The second kappa shape index (κ2) is 16.9. The second-order valence-electron chi connectivity index (χ2n) is 13.9. The van der Waals surface area contributed by atoms with Gasteiger partial charge < -0.3 is 20.4 Å². The first-order valence-electron chi connectivity index (χ1n) is 16.8. The van der Waals surface area contributed by atoms with Crippen LogP contribution < -0.4 is 5.73 Å². The third kappa shape index (κ3) is 10.3. The Hall–Kier alpha value is -2.48. The van der Waals surface area contributed by atoms with Crippen LogP contribution in [0.2, 0.25) is 5.02 Å². The Bertz CT molecular complexity index is 1380. The predicted octanol–water partition coefficient (Wildman–Crippen LogP) is 6.12. The monoisotopic (exact) mass is 633 g/mol. The molecule has 246 valence electrons. The zero-order chi connectivity index (χ0) is 32.5. The van der Waals surface area contributed by atoms with Crippen molar-refractivity contribution in [3.63, 3.8) is 0 Å². The first kappa shape index (κ1) is 35.4. The zero-order valence-corrected chi connectivity index (χ0v) is 29.3. The summed E-state index contributed by atoms with van der Waals surface area (Å²) in [6.45, 7) is 12.0. The summed E-state index contributed by atoms with van der Waals surface area (Å²) in [7, 11) is 6.55. The summed E-state index contributed by atoms with van der Waals surface area (Å²) < 4.78 is 0. The van der Waals surface area contributed by atoms with E-state index in [0.29, 0.717) is 31.0 Å². The van der Waals surface area contributed by atoms with Crippen molar-refractivity contribution in [1.82, 2.24) is 19.6 Å². The number of benzene rings is 3. The van der Waals surface area contributed by atoms with Gasteiger partial charge in [0.05, 0.1) is 6.42 Å². The van der Waals surface area contributed by atoms with Gasteiger partial charge >= 0.3 is 0 Å². The van der Waals surface area contributed by atoms with Crippen LogP contribution in [0.4, 0.5) is 0 Å². The fourth-order valence-corrected chi connectivity index (χ4v) is 7.16. The third-order valence-corrected chi connectivity index (χ3v) is 9.80. The Kier molecular flexibility index (Phi) is 13.3. The molecule has 0 radical (unpaired) electrons. The number of hydrogen-bond donors (Lipinski definition) is 1. The van der Waals surface area contributed by atoms with Crippen molar-refractivity contribution in [1.29, 1.82) is 0 Å². The van der Waals surface area contributed by atoms with Crippen LogP contribution in [-0.4, -0.2) is 104 Å². The van der Waals surface area contributed by atoms with Crippen LogP contribution in [0, 0.1) is 12.8 Å². The van der Waals surface area contributed by atoms with Gasteiger partial charge in [0.15, 0.2) is 0 Å². The number of hydrogen-bond acceptors (Lipinski definition) is 5. The molecule has 1 saturated heterocycles. The van der Waals surface area contributed by atoms with Crippen LogP contribution in [0.25, 0.3) is 10.8 Å². The second-order valence-corrected chi connectivity index (χ2v) is 14.4. The largest absolute Gasteiger partial charge is 0.337 e. The Morgan fingerprint density at radius 1 is 0.978 bits per heavy atom. The number of likely N-dealkylation sites (N-methyl/N-ethyl adjacent to an activating group) is 2. The molecule has 1 fully saturated rings. The lowest BCUT2D eigenvalue weighted by atomic mass is 9.93. The minimum atomic E-state index is 0.203. The van der Waals surface area contributed by atoms with E-state index in [4.69, 9.17) is 17.3 Å². The Labute approximate surface area is 277 Å². The van der Waals surface area contributed by atoms with E-state index in [1.165, 1.54) is 21.9 Å². The van der Waals surface area contributed by atoms with Gasteiger partial charge in [-0.3, -0.25) is 9.69 Å². The number of carbonyl (C=O) groups is 1. The minimum absolute atomic E-state index is 0.203. The summed E-state index contributed by atoms with van der Waals surface area (Å²) in [6, 6.07) is 22.0. The van der Waals surface area contributed by atoms with Crippen LogP contribution in [0.15, 0.2) is 60.7 Å². The molecule has 2 N–H and O–H groups in total. The van der Waals surface area contributed by atoms with Gasteiger partial charge in [0, 0.05) is 55.9 Å². The molecule has 0 unspecified atom stereocenters. The summed E-state index contributed by atoms with van der Waals surface area (Å²) in [5.74, 6) is 0.762. The van der Waals surface area contributed by atoms with Crippen LogP contribution >= 0.6 is 11.6 Å². The highest BCUT2D eigenvalue weighted by Gasteiger charge is 2.37. The van der Waals surface area contributed by atoms with E-state index >= 15 is 0 Å². The van der Waals surface area contributed by atoms with Crippen LogP contribution in [-0.2, 0) is 17.6 Å². The fourth-order valence-electron chi connectivity index (χ4n) is 6.94. The van der Waals surface area contributed by atoms with E-state index in [1.54, 1.807) is 0 Å². The average molecular weight is 634 g/mol. The van der Waals surface area contributed by atoms with Gasteiger partial charge in [-0.05, 0) is 106 Å². The molecule has 0 saturated carbocycles. The third-order valence-electron chi connectivity index (χ3n) is 9.57. The molecule has 6 nitrogen and oxygen atoms in total. The number of halogens is 1. The van der Waals surface area contributed by atoms with Crippen molar-refractivity contribution < 1.29 is 4.79 Å². The molecule has 1 aliphatic rings. The van der Waals surface area contributed by atoms with Crippen LogP contribution in [0.1, 0.15) is 49.8 Å². The smallest absolute Gasteiger partial charge is 0.227 e. The topological polar surface area (TPSA) is 56.1 Å². The molecular formula is C38H56ClN5O. The Morgan fingerprint density at radius 2 is 1.73 bits per heavy atom. The van der Waals surface area contributed by atoms with Gasteiger partial charge in [-0.1, -0.05) is 74.0 Å². The molecule has 0 spiro atoms. The lowest BCUT2D eigenvalue weighted by molar-refractivity contribution is -0.138. The molecule has 3 aromatic carbocycles. The first-order chi connectivity index (χ1) is 21.5. The molecular weight excluding hydrogens is 578 g/mol. The predicted molar refractivity (Wildman–Crippen MR) is 191 cm³/mol. The van der Waals surface area contributed by atoms with E-state index in [2.05, 4.69) is 116 Å². The quantitative estimate of drug-likeness (QED) is 0.219. The number of nitrogens with two attached hydrogens (primary N) is 1. The number of nitrogens with zero attached hydrogens (tertiary/aromatic N) is 4. The Balaban J connectivity index is 1.56. The van der Waals surface area contributed by atoms with Gasteiger partial charge in [0.25, 0.3) is 0 Å². The van der Waals surface area contributed by atoms with Crippen molar-refractivity contribution in [2.75, 3.05) is 60.4 Å². The maximum Gasteiger partial charge on any atom is 0.227 e. The molecule has 1 aliphatic heterocycles. The molecule has 3 aromatic rings. The van der Waals surface area contributed by atoms with Crippen molar-refractivity contribution in [3.05, 3.63) is 82.4 Å². The maximum atomic E-state index is 14.1. The summed E-state index contributed by atoms with van der Waals surface area (Å²) in [5.41, 5.74) is 9.51. The lowest BCUT2D eigenvalue weighted by Gasteiger charge is -2.49. The summed E-state index contributed by atoms with van der Waals surface area (Å²) in [4.78, 5) is 23.8. The zero-order valence-electron chi connectivity index (χ0n) is 28.5. The van der Waals surface area contributed by atoms with E-state index in [1.807, 2.05) is 6.07 Å². The number of amides is 1. The summed E-state index contributed by atoms with van der Waals surface area (Å²) in [5, 5.41) is 3.19. The number of fused-ring (bicyclic) bond motifs is 1. The minimum Gasteiger partial charge on any atom is -0.337 e. The van der Waals surface area contributed by atoms with Gasteiger partial charge in [-0.2, -0.15) is 0 Å². The molecule has 0 aliphatic carbocycles. The number of piperazine rings is 1. The molecule has 4 rings (SSSR count). The van der Waals surface area contributed by atoms with Crippen molar-refractivity contribution in [2.45, 2.75) is 71.0 Å². The van der Waals surface area contributed by atoms with Crippen LogP contribution in [0.5, 0.6) is 0 Å². The van der Waals surface area contributed by atoms with Crippen molar-refractivity contribution in [2.24, 2.45) is 11.7 Å². The highest BCUT2D eigenvalue weighted by molar-refractivity contribution is 6.30. The molecule has 1 amide bonds. The SMILES string of the molecule is Cc1cc(Cl)ccc1C[C@H](CN1C[C@@H](CC(C)C)N(C(=O)Cc2ccc3ccccc3c2)C[C@@H]1CCCN(C)CCN)N(C)C. The van der Waals surface area contributed by atoms with E-state index < -0.39 is 0 Å². The Morgan fingerprint density at radius 3 is 2.42 bits per heavy atom. The molecule has 3 atom stereocenters. The highest BCUT2D eigenvalue weighted by atomic mass is 35.5. The van der Waals surface area contributed by atoms with Crippen molar-refractivity contribution in [3.8, 4) is 0 Å². The van der Waals surface area contributed by atoms with Gasteiger partial charge in [-0.15, -0.1) is 0 Å². The lowest BCUT2D eigenvalue weighted by Crippen LogP contribution is -2.62. The van der Waals surface area contributed by atoms with Gasteiger partial charge in [0.2, 0.25) is 5.91 Å². The number of aryl methyl sites for hydroxylation is 1. The molecule has 1 heterocycles. The van der Waals surface area contributed by atoms with E-state index in [9.17, 15) is 4.79 Å². The molecule has 0 aromatic heterocycles. The normalized spacial score (nSPS) is 18.4. The summed E-state index contributed by atoms with van der Waals surface area (Å²) >= 11 is 6.29. The molecule has 7 heteroatoms. The first-order valence-corrected chi connectivity index (χ1v) is 17.2. The number of carbonyl (C=O) groups excluding carboxylic acids is 1. The highest BCUT2D eigenvalue weighted by Crippen LogP contribution is 2.27. The standard InChI is InChI=1S/C38H56ClN5O/c1-28(2)20-37-26-43(25-36(41(4)5)24-32-15-16-34(39)21-29(32)3)35(12-9-18-42(6)19-17-40)27-44(37)38(45)23-30-13-14-31-10-7-8-11-33(31)22-30/h7-8,10-11,13-16,21-22,28,35-37H,9,12,17-20,23-27,40H2,1-6H3/t35-,36+,37+/m0/s1. The number of rotatable bonds is 15. The molecule has 0 bridgehead atoms. The van der Waals surface area contributed by atoms with Gasteiger partial charge in [0.1, 0.15) is 0 Å². The van der Waals surface area contributed by atoms with Gasteiger partial charge in [-0.25, -0.2) is 0 Å². The molecule has 45 heavy (non-hydrogen) atoms. The van der Waals surface area contributed by atoms with E-state index in [0.717, 1.165) is 69.0 Å². The van der Waals surface area contributed by atoms with Crippen LogP contribution in [0.3, 0.4) is 0 Å². The van der Waals surface area contributed by atoms with E-state index in [-0.39, 0.29) is 11.9 Å². The summed E-state index contributed by atoms with van der Waals surface area (Å²) in [6.07, 6.45) is 4.57. The maximum absolute atomic E-state index is 14.1. The average Bonchev–Trinajstić information content (AvgIpc) is 2.98.